The maximum absolute atomic E-state index is 13.0. The molecule has 0 spiro atoms. The molecule has 0 atom stereocenters. The van der Waals surface area contributed by atoms with Crippen LogP contribution >= 0.6 is 0 Å². The summed E-state index contributed by atoms with van der Waals surface area (Å²) in [6, 6.07) is 5.36. The quantitative estimate of drug-likeness (QED) is 0.622. The lowest BCUT2D eigenvalue weighted by molar-refractivity contribution is 0.0869. The number of nitrogen functional groups attached to an aromatic ring is 1. The molecule has 3 heterocycles. The predicted octanol–water partition coefficient (Wildman–Crippen LogP) is 1.42. The summed E-state index contributed by atoms with van der Waals surface area (Å²) in [4.78, 5) is 21.2. The molecule has 9 nitrogen and oxygen atoms in total. The van der Waals surface area contributed by atoms with E-state index in [1.54, 1.807) is 30.0 Å². The van der Waals surface area contributed by atoms with Crippen LogP contribution in [0.1, 0.15) is 36.0 Å². The number of aromatic nitrogens is 4. The van der Waals surface area contributed by atoms with Gasteiger partial charge in [0.25, 0.3) is 5.91 Å². The Morgan fingerprint density at radius 2 is 2.07 bits per heavy atom. The van der Waals surface area contributed by atoms with Crippen molar-refractivity contribution < 1.29 is 14.6 Å². The molecule has 4 N–H and O–H groups in total. The summed E-state index contributed by atoms with van der Waals surface area (Å²) < 4.78 is 6.81. The first kappa shape index (κ1) is 18.2. The fourth-order valence-electron chi connectivity index (χ4n) is 3.61. The van der Waals surface area contributed by atoms with E-state index in [0.29, 0.717) is 35.5 Å². The Hall–Kier alpha value is -3.20. The third-order valence-electron chi connectivity index (χ3n) is 5.10. The van der Waals surface area contributed by atoms with E-state index in [1.807, 2.05) is 6.07 Å². The van der Waals surface area contributed by atoms with Crippen molar-refractivity contribution in [3.63, 3.8) is 0 Å². The van der Waals surface area contributed by atoms with Gasteiger partial charge in [0.1, 0.15) is 11.8 Å². The molecule has 28 heavy (non-hydrogen) atoms. The van der Waals surface area contributed by atoms with Crippen LogP contribution in [-0.2, 0) is 0 Å². The zero-order chi connectivity index (χ0) is 19.7. The molecule has 0 radical (unpaired) electrons. The first-order valence-corrected chi connectivity index (χ1v) is 9.18. The summed E-state index contributed by atoms with van der Waals surface area (Å²) in [6.45, 7) is 0. The van der Waals surface area contributed by atoms with Crippen LogP contribution in [0.15, 0.2) is 30.7 Å². The van der Waals surface area contributed by atoms with Crippen LogP contribution in [-0.4, -0.2) is 49.9 Å². The standard InChI is InChI=1S/C19H22N6O3/c1-28-16-8-11(6-7-21-16)15-9-14(17-18(20)22-10-23-25(15)17)19(27)24-12-2-4-13(26)5-3-12/h6-10,12-13,26H,2-5H2,1H3,(H,24,27)(H2,20,22,23). The van der Waals surface area contributed by atoms with Gasteiger partial charge >= 0.3 is 0 Å². The maximum atomic E-state index is 13.0. The molecule has 0 saturated heterocycles. The molecule has 3 aromatic heterocycles. The van der Waals surface area contributed by atoms with Crippen LogP contribution in [0.5, 0.6) is 5.88 Å². The highest BCUT2D eigenvalue weighted by Gasteiger charge is 2.25. The van der Waals surface area contributed by atoms with Crippen LogP contribution in [0, 0.1) is 0 Å². The number of hydrogen-bond donors (Lipinski definition) is 3. The van der Waals surface area contributed by atoms with E-state index >= 15 is 0 Å². The Kier molecular flexibility index (Phi) is 4.82. The van der Waals surface area contributed by atoms with E-state index < -0.39 is 0 Å². The zero-order valence-electron chi connectivity index (χ0n) is 15.5. The van der Waals surface area contributed by atoms with Crippen molar-refractivity contribution in [1.82, 2.24) is 24.9 Å². The first-order valence-electron chi connectivity index (χ1n) is 9.18. The highest BCUT2D eigenvalue weighted by atomic mass is 16.5. The average Bonchev–Trinajstić information content (AvgIpc) is 3.11. The lowest BCUT2D eigenvalue weighted by Gasteiger charge is -2.26. The third-order valence-corrected chi connectivity index (χ3v) is 5.10. The molecule has 0 aromatic carbocycles. The summed E-state index contributed by atoms with van der Waals surface area (Å²) in [5.74, 6) is 0.459. The van der Waals surface area contributed by atoms with Gasteiger partial charge in [0.2, 0.25) is 5.88 Å². The second kappa shape index (κ2) is 7.43. The van der Waals surface area contributed by atoms with Gasteiger partial charge < -0.3 is 20.9 Å². The summed E-state index contributed by atoms with van der Waals surface area (Å²) in [7, 11) is 1.54. The largest absolute Gasteiger partial charge is 0.481 e. The number of aliphatic hydroxyl groups excluding tert-OH is 1. The first-order chi connectivity index (χ1) is 13.6. The number of nitrogens with two attached hydrogens (primary N) is 1. The van der Waals surface area contributed by atoms with Gasteiger partial charge in [-0.05, 0) is 37.8 Å². The van der Waals surface area contributed by atoms with Crippen LogP contribution in [0.3, 0.4) is 0 Å². The number of nitrogens with zero attached hydrogens (tertiary/aromatic N) is 4. The number of carbonyl (C=O) groups excluding carboxylic acids is 1. The smallest absolute Gasteiger partial charge is 0.253 e. The summed E-state index contributed by atoms with van der Waals surface area (Å²) in [5.41, 5.74) is 8.42. The molecule has 3 aromatic rings. The lowest BCUT2D eigenvalue weighted by atomic mass is 9.93. The Labute approximate surface area is 161 Å². The molecule has 1 fully saturated rings. The SMILES string of the molecule is COc1cc(-c2cc(C(=O)NC3CCC(O)CC3)c3c(N)ncnn23)ccn1. The van der Waals surface area contributed by atoms with Gasteiger partial charge in [-0.15, -0.1) is 0 Å². The molecule has 146 valence electrons. The van der Waals surface area contributed by atoms with Gasteiger partial charge in [-0.25, -0.2) is 14.5 Å². The number of anilines is 1. The van der Waals surface area contributed by atoms with Crippen molar-refractivity contribution in [3.05, 3.63) is 36.3 Å². The number of ether oxygens (including phenoxy) is 1. The van der Waals surface area contributed by atoms with Crippen LogP contribution in [0.4, 0.5) is 5.82 Å². The molecule has 0 bridgehead atoms. The molecule has 9 heteroatoms. The van der Waals surface area contributed by atoms with E-state index in [1.165, 1.54) is 6.33 Å². The van der Waals surface area contributed by atoms with Crippen molar-refractivity contribution in [1.29, 1.82) is 0 Å². The van der Waals surface area contributed by atoms with Crippen molar-refractivity contribution >= 4 is 17.2 Å². The molecule has 4 rings (SSSR count). The van der Waals surface area contributed by atoms with Gasteiger partial charge in [-0.2, -0.15) is 5.10 Å². The molecule has 1 aliphatic carbocycles. The Morgan fingerprint density at radius 3 is 2.82 bits per heavy atom. The van der Waals surface area contributed by atoms with Crippen molar-refractivity contribution in [2.24, 2.45) is 0 Å². The second-order valence-electron chi connectivity index (χ2n) is 6.91. The second-order valence-corrected chi connectivity index (χ2v) is 6.91. The van der Waals surface area contributed by atoms with Crippen LogP contribution in [0.2, 0.25) is 0 Å². The van der Waals surface area contributed by atoms with E-state index in [0.717, 1.165) is 18.4 Å². The summed E-state index contributed by atoms with van der Waals surface area (Å²) in [6.07, 6.45) is 5.59. The molecule has 1 aliphatic rings. The normalized spacial score (nSPS) is 19.5. The minimum atomic E-state index is -0.277. The fraction of sp³-hybridized carbons (Fsp3) is 0.368. The predicted molar refractivity (Wildman–Crippen MR) is 103 cm³/mol. The molecular formula is C19H22N6O3. The van der Waals surface area contributed by atoms with Crippen LogP contribution < -0.4 is 15.8 Å². The minimum absolute atomic E-state index is 0.0289. The van der Waals surface area contributed by atoms with Crippen molar-refractivity contribution in [2.75, 3.05) is 12.8 Å². The number of methoxy groups -OCH3 is 1. The average molecular weight is 382 g/mol. The molecule has 0 aliphatic heterocycles. The highest BCUT2D eigenvalue weighted by molar-refractivity contribution is 6.05. The number of hydrogen-bond acceptors (Lipinski definition) is 7. The highest BCUT2D eigenvalue weighted by Crippen LogP contribution is 2.29. The van der Waals surface area contributed by atoms with E-state index in [9.17, 15) is 9.90 Å². The van der Waals surface area contributed by atoms with Crippen molar-refractivity contribution in [3.8, 4) is 17.1 Å². The number of fused-ring (bicyclic) bond motifs is 1. The van der Waals surface area contributed by atoms with Gasteiger partial charge in [0.05, 0.1) is 24.5 Å². The van der Waals surface area contributed by atoms with E-state index in [4.69, 9.17) is 10.5 Å². The number of rotatable bonds is 4. The van der Waals surface area contributed by atoms with Gasteiger partial charge in [-0.1, -0.05) is 0 Å². The summed E-state index contributed by atoms with van der Waals surface area (Å²) >= 11 is 0. The summed E-state index contributed by atoms with van der Waals surface area (Å²) in [5, 5.41) is 17.0. The van der Waals surface area contributed by atoms with E-state index in [2.05, 4.69) is 20.4 Å². The zero-order valence-corrected chi connectivity index (χ0v) is 15.5. The van der Waals surface area contributed by atoms with Crippen molar-refractivity contribution in [2.45, 2.75) is 37.8 Å². The molecule has 1 amide bonds. The number of carbonyl (C=O) groups is 1. The molecule has 1 saturated carbocycles. The molecule has 0 unspecified atom stereocenters. The lowest BCUT2D eigenvalue weighted by Crippen LogP contribution is -2.38. The topological polar surface area (TPSA) is 128 Å². The third kappa shape index (κ3) is 3.36. The number of nitrogens with one attached hydrogen (secondary N) is 1. The Morgan fingerprint density at radius 1 is 1.29 bits per heavy atom. The van der Waals surface area contributed by atoms with E-state index in [-0.39, 0.29) is 23.9 Å². The van der Waals surface area contributed by atoms with Gasteiger partial charge in [-0.3, -0.25) is 4.79 Å². The molecular weight excluding hydrogens is 360 g/mol. The Balaban J connectivity index is 1.73. The monoisotopic (exact) mass is 382 g/mol. The van der Waals surface area contributed by atoms with Gasteiger partial charge in [0, 0.05) is 23.9 Å². The number of amides is 1. The maximum Gasteiger partial charge on any atom is 0.253 e. The van der Waals surface area contributed by atoms with Gasteiger partial charge in [0.15, 0.2) is 5.82 Å². The van der Waals surface area contributed by atoms with Crippen LogP contribution in [0.25, 0.3) is 16.8 Å². The number of aliphatic hydroxyl groups is 1. The number of pyridine rings is 1. The fourth-order valence-corrected chi connectivity index (χ4v) is 3.61. The minimum Gasteiger partial charge on any atom is -0.481 e. The Bertz CT molecular complexity index is 1010.